The van der Waals surface area contributed by atoms with Gasteiger partial charge in [-0.3, -0.25) is 9.59 Å². The Morgan fingerprint density at radius 3 is 2.48 bits per heavy atom. The molecule has 0 unspecified atom stereocenters. The maximum Gasteiger partial charge on any atom is 0.338 e. The molecule has 0 saturated carbocycles. The normalized spacial score (nSPS) is 10.3. The molecule has 0 spiro atoms. The average Bonchev–Trinajstić information content (AvgIpc) is 3.25. The summed E-state index contributed by atoms with van der Waals surface area (Å²) in [5.41, 5.74) is 2.46. The molecule has 1 heterocycles. The number of ether oxygens (including phenoxy) is 1. The third-order valence-corrected chi connectivity index (χ3v) is 4.12. The highest BCUT2D eigenvalue weighted by molar-refractivity contribution is 6.07. The second-order valence-electron chi connectivity index (χ2n) is 6.22. The lowest BCUT2D eigenvalue weighted by Crippen LogP contribution is -2.15. The van der Waals surface area contributed by atoms with Crippen LogP contribution in [0.1, 0.15) is 43.8 Å². The maximum absolute atomic E-state index is 12.6. The molecule has 2 N–H and O–H groups in total. The number of benzene rings is 2. The van der Waals surface area contributed by atoms with Gasteiger partial charge in [-0.25, -0.2) is 4.79 Å². The van der Waals surface area contributed by atoms with Crippen molar-refractivity contribution in [2.75, 3.05) is 17.2 Å². The molecule has 3 rings (SSSR count). The Balaban J connectivity index is 1.75. The van der Waals surface area contributed by atoms with E-state index in [-0.39, 0.29) is 18.3 Å². The predicted octanol–water partition coefficient (Wildman–Crippen LogP) is 4.27. The highest BCUT2D eigenvalue weighted by atomic mass is 16.5. The molecule has 0 aliphatic rings. The minimum atomic E-state index is -0.457. The number of esters is 1. The van der Waals surface area contributed by atoms with Crippen molar-refractivity contribution in [1.82, 2.24) is 0 Å². The fraction of sp³-hybridized carbons (Fsp3) is 0.136. The van der Waals surface area contributed by atoms with Crippen LogP contribution >= 0.6 is 0 Å². The fourth-order valence-corrected chi connectivity index (χ4v) is 2.63. The topological polar surface area (TPSA) is 97.6 Å². The van der Waals surface area contributed by atoms with Crippen LogP contribution in [0.3, 0.4) is 0 Å². The van der Waals surface area contributed by atoms with Crippen LogP contribution in [0, 0.1) is 6.92 Å². The van der Waals surface area contributed by atoms with Gasteiger partial charge < -0.3 is 19.8 Å². The van der Waals surface area contributed by atoms with E-state index in [0.29, 0.717) is 22.5 Å². The van der Waals surface area contributed by atoms with Gasteiger partial charge in [-0.15, -0.1) is 0 Å². The molecule has 3 aromatic rings. The standard InChI is InChI=1S/C22H20N2O5/c1-3-28-22(27)16-6-4-7-17(12-16)23-20(25)15-10-9-14(2)18(13-15)24-21(26)19-8-5-11-29-19/h4-13H,3H2,1-2H3,(H,23,25)(H,24,26). The van der Waals surface area contributed by atoms with Crippen molar-refractivity contribution in [3.63, 3.8) is 0 Å². The molecule has 0 aliphatic heterocycles. The third-order valence-electron chi connectivity index (χ3n) is 4.12. The van der Waals surface area contributed by atoms with Crippen molar-refractivity contribution in [2.45, 2.75) is 13.8 Å². The van der Waals surface area contributed by atoms with Crippen LogP contribution in [0.5, 0.6) is 0 Å². The number of amides is 2. The summed E-state index contributed by atoms with van der Waals surface area (Å²) in [6, 6.07) is 14.6. The van der Waals surface area contributed by atoms with Gasteiger partial charge in [-0.1, -0.05) is 12.1 Å². The summed E-state index contributed by atoms with van der Waals surface area (Å²) in [7, 11) is 0. The van der Waals surface area contributed by atoms with E-state index in [9.17, 15) is 14.4 Å². The SMILES string of the molecule is CCOC(=O)c1cccc(NC(=O)c2ccc(C)c(NC(=O)c3ccco3)c2)c1. The number of anilines is 2. The molecule has 7 heteroatoms. The highest BCUT2D eigenvalue weighted by Crippen LogP contribution is 2.20. The summed E-state index contributed by atoms with van der Waals surface area (Å²) in [5, 5.41) is 5.48. The summed E-state index contributed by atoms with van der Waals surface area (Å²) < 4.78 is 10.1. The van der Waals surface area contributed by atoms with E-state index in [0.717, 1.165) is 5.56 Å². The van der Waals surface area contributed by atoms with E-state index in [1.165, 1.54) is 6.26 Å². The lowest BCUT2D eigenvalue weighted by molar-refractivity contribution is 0.0526. The Labute approximate surface area is 167 Å². The zero-order chi connectivity index (χ0) is 20.8. The van der Waals surface area contributed by atoms with Crippen molar-refractivity contribution in [2.24, 2.45) is 0 Å². The van der Waals surface area contributed by atoms with Crippen molar-refractivity contribution < 1.29 is 23.5 Å². The Kier molecular flexibility index (Phi) is 6.09. The molecular formula is C22H20N2O5. The van der Waals surface area contributed by atoms with Gasteiger partial charge >= 0.3 is 5.97 Å². The molecule has 0 aliphatic carbocycles. The molecule has 0 saturated heterocycles. The summed E-state index contributed by atoms with van der Waals surface area (Å²) >= 11 is 0. The Hall–Kier alpha value is -3.87. The monoisotopic (exact) mass is 392 g/mol. The molecule has 2 amide bonds. The number of aryl methyl sites for hydroxylation is 1. The van der Waals surface area contributed by atoms with Crippen LogP contribution in [0.15, 0.2) is 65.3 Å². The number of furan rings is 1. The summed E-state index contributed by atoms with van der Waals surface area (Å²) in [5.74, 6) is -1.06. The van der Waals surface area contributed by atoms with Crippen molar-refractivity contribution in [1.29, 1.82) is 0 Å². The largest absolute Gasteiger partial charge is 0.462 e. The fourth-order valence-electron chi connectivity index (χ4n) is 2.63. The zero-order valence-electron chi connectivity index (χ0n) is 16.0. The third kappa shape index (κ3) is 4.90. The van der Waals surface area contributed by atoms with Crippen molar-refractivity contribution in [3.8, 4) is 0 Å². The molecule has 7 nitrogen and oxygen atoms in total. The first-order chi connectivity index (χ1) is 14.0. The van der Waals surface area contributed by atoms with Crippen molar-refractivity contribution in [3.05, 3.63) is 83.3 Å². The van der Waals surface area contributed by atoms with E-state index in [4.69, 9.17) is 9.15 Å². The summed E-state index contributed by atoms with van der Waals surface area (Å²) in [4.78, 5) is 36.7. The minimum absolute atomic E-state index is 0.176. The minimum Gasteiger partial charge on any atom is -0.462 e. The van der Waals surface area contributed by atoms with Gasteiger partial charge in [-0.05, 0) is 61.9 Å². The second kappa shape index (κ2) is 8.88. The van der Waals surface area contributed by atoms with E-state index >= 15 is 0 Å². The molecule has 2 aromatic carbocycles. The molecule has 0 radical (unpaired) electrons. The summed E-state index contributed by atoms with van der Waals surface area (Å²) in [6.45, 7) is 3.82. The van der Waals surface area contributed by atoms with Gasteiger partial charge in [0.05, 0.1) is 18.4 Å². The van der Waals surface area contributed by atoms with Crippen LogP contribution < -0.4 is 10.6 Å². The number of hydrogen-bond acceptors (Lipinski definition) is 5. The number of carbonyl (C=O) groups is 3. The van der Waals surface area contributed by atoms with Crippen molar-refractivity contribution >= 4 is 29.2 Å². The molecule has 1 aromatic heterocycles. The highest BCUT2D eigenvalue weighted by Gasteiger charge is 2.14. The first-order valence-electron chi connectivity index (χ1n) is 9.02. The van der Waals surface area contributed by atoms with Gasteiger partial charge in [0.25, 0.3) is 11.8 Å². The second-order valence-corrected chi connectivity index (χ2v) is 6.22. The summed E-state index contributed by atoms with van der Waals surface area (Å²) in [6.07, 6.45) is 1.41. The van der Waals surface area contributed by atoms with Gasteiger partial charge in [-0.2, -0.15) is 0 Å². The number of nitrogens with one attached hydrogen (secondary N) is 2. The first kappa shape index (κ1) is 19.9. The number of carbonyl (C=O) groups excluding carboxylic acids is 3. The lowest BCUT2D eigenvalue weighted by atomic mass is 10.1. The van der Waals surface area contributed by atoms with Gasteiger partial charge in [0.15, 0.2) is 5.76 Å². The molecule has 0 fully saturated rings. The zero-order valence-corrected chi connectivity index (χ0v) is 16.0. The molecule has 0 atom stereocenters. The molecule has 29 heavy (non-hydrogen) atoms. The molecule has 148 valence electrons. The lowest BCUT2D eigenvalue weighted by Gasteiger charge is -2.11. The Morgan fingerprint density at radius 2 is 1.76 bits per heavy atom. The van der Waals surface area contributed by atoms with Gasteiger partial charge in [0, 0.05) is 16.9 Å². The van der Waals surface area contributed by atoms with Crippen LogP contribution in [-0.4, -0.2) is 24.4 Å². The van der Waals surface area contributed by atoms with Crippen LogP contribution in [0.25, 0.3) is 0 Å². The van der Waals surface area contributed by atoms with Crippen LogP contribution in [0.4, 0.5) is 11.4 Å². The molecular weight excluding hydrogens is 372 g/mol. The van der Waals surface area contributed by atoms with Gasteiger partial charge in [0.1, 0.15) is 0 Å². The smallest absolute Gasteiger partial charge is 0.338 e. The predicted molar refractivity (Wildman–Crippen MR) is 108 cm³/mol. The molecule has 0 bridgehead atoms. The van der Waals surface area contributed by atoms with E-state index in [2.05, 4.69) is 10.6 Å². The Bertz CT molecular complexity index is 1040. The van der Waals surface area contributed by atoms with Crippen LogP contribution in [-0.2, 0) is 4.74 Å². The maximum atomic E-state index is 12.6. The van der Waals surface area contributed by atoms with E-state index < -0.39 is 11.9 Å². The van der Waals surface area contributed by atoms with E-state index in [1.807, 2.05) is 6.92 Å². The average molecular weight is 392 g/mol. The number of rotatable bonds is 6. The Morgan fingerprint density at radius 1 is 0.931 bits per heavy atom. The quantitative estimate of drug-likeness (QED) is 0.611. The van der Waals surface area contributed by atoms with Crippen LogP contribution in [0.2, 0.25) is 0 Å². The van der Waals surface area contributed by atoms with E-state index in [1.54, 1.807) is 61.5 Å². The number of hydrogen-bond donors (Lipinski definition) is 2. The first-order valence-corrected chi connectivity index (χ1v) is 9.02. The van der Waals surface area contributed by atoms with Gasteiger partial charge in [0.2, 0.25) is 0 Å².